The first kappa shape index (κ1) is 12.6. The van der Waals surface area contributed by atoms with E-state index in [1.165, 1.54) is 0 Å². The summed E-state index contributed by atoms with van der Waals surface area (Å²) in [5, 5.41) is 12.8. The van der Waals surface area contributed by atoms with Crippen LogP contribution in [0.1, 0.15) is 24.9 Å². The summed E-state index contributed by atoms with van der Waals surface area (Å²) in [6.07, 6.45) is -2.49. The van der Waals surface area contributed by atoms with E-state index in [1.807, 2.05) is 4.90 Å². The van der Waals surface area contributed by atoms with Crippen LogP contribution in [0.2, 0.25) is 0 Å². The van der Waals surface area contributed by atoms with Crippen molar-refractivity contribution in [3.05, 3.63) is 0 Å². The average molecular weight is 319 g/mol. The summed E-state index contributed by atoms with van der Waals surface area (Å²) >= 11 is 0.968. The lowest BCUT2D eigenvalue weighted by Crippen LogP contribution is -2.42. The number of ether oxygens (including phenoxy) is 2. The van der Waals surface area contributed by atoms with Gasteiger partial charge in [-0.15, -0.1) is 4.37 Å². The van der Waals surface area contributed by atoms with Gasteiger partial charge in [-0.3, -0.25) is 0 Å². The summed E-state index contributed by atoms with van der Waals surface area (Å²) in [6.45, 7) is 4.78. The van der Waals surface area contributed by atoms with Crippen molar-refractivity contribution in [2.45, 2.75) is 32.4 Å². The van der Waals surface area contributed by atoms with Crippen LogP contribution in [0.5, 0.6) is 5.88 Å². The third kappa shape index (κ3) is 5.39. The lowest BCUT2D eigenvalue weighted by molar-refractivity contribution is 0.0975. The van der Waals surface area contributed by atoms with Crippen molar-refractivity contribution in [1.82, 2.24) is 14.1 Å². The molecule has 1 aliphatic rings. The smallest absolute Gasteiger partial charge is 0.270 e. The fourth-order valence-corrected chi connectivity index (χ4v) is 2.19. The lowest BCUT2D eigenvalue weighted by atomic mass is 10.1. The molecule has 0 aromatic carbocycles. The molecule has 21 heavy (non-hydrogen) atoms. The van der Waals surface area contributed by atoms with Crippen LogP contribution >= 0.6 is 11.7 Å². The Hall–Kier alpha value is -0.960. The Balaban J connectivity index is 2.03. The molecule has 0 radical (unpaired) electrons. The van der Waals surface area contributed by atoms with Gasteiger partial charge in [0.05, 0.1) is 26.3 Å². The molecule has 1 aromatic rings. The molecule has 1 aliphatic heterocycles. The second kappa shape index (κ2) is 7.35. The minimum Gasteiger partial charge on any atom is -0.472 e. The molecular weight excluding hydrogens is 292 g/mol. The molecule has 1 fully saturated rings. The minimum atomic E-state index is -2.49. The standard InChI is InChI=1S/C13H24N4O3S/c1-13(2,3)14-8-10(18)9-20-12-11(15-21-16-12)17-4-6-19-7-5-17/h10,14,18H,4-9H2,1-3H3/t10-/m0/s1/i8D2,10D. The zero-order valence-electron chi connectivity index (χ0n) is 15.5. The predicted octanol–water partition coefficient (Wildman–Crippen LogP) is 0.502. The van der Waals surface area contributed by atoms with Crippen LogP contribution in [0.3, 0.4) is 0 Å². The van der Waals surface area contributed by atoms with Gasteiger partial charge >= 0.3 is 0 Å². The van der Waals surface area contributed by atoms with E-state index >= 15 is 0 Å². The van der Waals surface area contributed by atoms with E-state index in [9.17, 15) is 5.11 Å². The minimum absolute atomic E-state index is 0.194. The van der Waals surface area contributed by atoms with Crippen LogP contribution in [0.25, 0.3) is 0 Å². The van der Waals surface area contributed by atoms with Gasteiger partial charge in [0.1, 0.15) is 12.7 Å². The maximum Gasteiger partial charge on any atom is 0.270 e. The number of hydrogen-bond donors (Lipinski definition) is 2. The Kier molecular flexibility index (Phi) is 4.40. The fraction of sp³-hybridized carbons (Fsp3) is 0.846. The van der Waals surface area contributed by atoms with Gasteiger partial charge in [0.25, 0.3) is 5.88 Å². The van der Waals surface area contributed by atoms with Gasteiger partial charge in [-0.05, 0) is 20.8 Å². The number of anilines is 1. The van der Waals surface area contributed by atoms with Crippen LogP contribution in [-0.4, -0.2) is 64.9 Å². The predicted molar refractivity (Wildman–Crippen MR) is 82.2 cm³/mol. The second-order valence-corrected chi connectivity index (χ2v) is 6.26. The highest BCUT2D eigenvalue weighted by Gasteiger charge is 2.21. The second-order valence-electron chi connectivity index (χ2n) is 5.73. The first-order chi connectivity index (χ1) is 11.0. The first-order valence-corrected chi connectivity index (χ1v) is 7.55. The van der Waals surface area contributed by atoms with Gasteiger partial charge in [-0.25, -0.2) is 0 Å². The van der Waals surface area contributed by atoms with E-state index in [4.69, 9.17) is 13.6 Å². The van der Waals surface area contributed by atoms with E-state index in [-0.39, 0.29) is 5.88 Å². The third-order valence-electron chi connectivity index (χ3n) is 2.68. The van der Waals surface area contributed by atoms with Gasteiger partial charge in [0.2, 0.25) is 5.82 Å². The van der Waals surface area contributed by atoms with Gasteiger partial charge in [0.15, 0.2) is 0 Å². The highest BCUT2D eigenvalue weighted by atomic mass is 32.1. The third-order valence-corrected chi connectivity index (χ3v) is 3.18. The molecule has 0 amide bonds. The Morgan fingerprint density at radius 1 is 1.52 bits per heavy atom. The molecule has 0 spiro atoms. The van der Waals surface area contributed by atoms with Crippen LogP contribution in [0.15, 0.2) is 0 Å². The maximum absolute atomic E-state index is 10.2. The molecule has 2 N–H and O–H groups in total. The molecular formula is C13H24N4O3S. The molecule has 0 unspecified atom stereocenters. The van der Waals surface area contributed by atoms with E-state index in [0.717, 1.165) is 11.7 Å². The molecule has 0 saturated carbocycles. The van der Waals surface area contributed by atoms with Crippen molar-refractivity contribution in [2.24, 2.45) is 0 Å². The summed E-state index contributed by atoms with van der Waals surface area (Å²) < 4.78 is 42.8. The molecule has 120 valence electrons. The number of β-amino-alcohol motifs (C(OH)–C–C–N with tert-alkyl or cyclic N) is 1. The van der Waals surface area contributed by atoms with E-state index in [1.54, 1.807) is 20.8 Å². The first-order valence-electron chi connectivity index (χ1n) is 8.32. The molecule has 1 atom stereocenters. The van der Waals surface area contributed by atoms with Crippen LogP contribution in [0.4, 0.5) is 5.82 Å². The number of nitrogens with zero attached hydrogens (tertiary/aromatic N) is 3. The zero-order valence-corrected chi connectivity index (χ0v) is 13.4. The Morgan fingerprint density at radius 3 is 2.90 bits per heavy atom. The molecule has 1 aromatic heterocycles. The zero-order chi connectivity index (χ0) is 18.0. The van der Waals surface area contributed by atoms with Crippen LogP contribution in [-0.2, 0) is 4.74 Å². The van der Waals surface area contributed by atoms with Crippen molar-refractivity contribution >= 4 is 17.5 Å². The van der Waals surface area contributed by atoms with Crippen LogP contribution in [0, 0.1) is 0 Å². The number of aromatic nitrogens is 2. The van der Waals surface area contributed by atoms with Crippen molar-refractivity contribution in [2.75, 3.05) is 44.3 Å². The Labute approximate surface area is 133 Å². The maximum atomic E-state index is 10.2. The lowest BCUT2D eigenvalue weighted by Gasteiger charge is -2.27. The summed E-state index contributed by atoms with van der Waals surface area (Å²) in [6, 6.07) is 0. The molecule has 0 bridgehead atoms. The molecule has 7 nitrogen and oxygen atoms in total. The largest absolute Gasteiger partial charge is 0.472 e. The molecule has 8 heteroatoms. The van der Waals surface area contributed by atoms with Crippen molar-refractivity contribution in [3.63, 3.8) is 0 Å². The molecule has 0 aliphatic carbocycles. The average Bonchev–Trinajstić information content (AvgIpc) is 2.92. The van der Waals surface area contributed by atoms with Crippen molar-refractivity contribution in [3.8, 4) is 5.88 Å². The Morgan fingerprint density at radius 2 is 2.24 bits per heavy atom. The van der Waals surface area contributed by atoms with Gasteiger partial charge < -0.3 is 24.8 Å². The number of aliphatic hydroxyl groups is 1. The molecule has 2 rings (SSSR count). The summed E-state index contributed by atoms with van der Waals surface area (Å²) in [7, 11) is 0. The van der Waals surface area contributed by atoms with Gasteiger partial charge in [-0.1, -0.05) is 0 Å². The number of rotatable bonds is 6. The quantitative estimate of drug-likeness (QED) is 0.790. The highest BCUT2D eigenvalue weighted by molar-refractivity contribution is 6.99. The normalized spacial score (nSPS) is 22.1. The highest BCUT2D eigenvalue weighted by Crippen LogP contribution is 2.26. The molecule has 1 saturated heterocycles. The van der Waals surface area contributed by atoms with Crippen molar-refractivity contribution < 1.29 is 18.7 Å². The van der Waals surface area contributed by atoms with Crippen molar-refractivity contribution in [1.29, 1.82) is 0 Å². The Bertz CT molecular complexity index is 545. The molecule has 2 heterocycles. The fourth-order valence-electron chi connectivity index (χ4n) is 1.67. The van der Waals surface area contributed by atoms with E-state index < -0.39 is 24.7 Å². The number of hydrogen-bond acceptors (Lipinski definition) is 8. The van der Waals surface area contributed by atoms with Gasteiger partial charge in [0, 0.05) is 27.9 Å². The number of nitrogens with one attached hydrogen (secondary N) is 1. The summed E-state index contributed by atoms with van der Waals surface area (Å²) in [5.41, 5.74) is -0.611. The summed E-state index contributed by atoms with van der Waals surface area (Å²) in [4.78, 5) is 1.95. The van der Waals surface area contributed by atoms with Gasteiger partial charge in [-0.2, -0.15) is 4.37 Å². The topological polar surface area (TPSA) is 79.7 Å². The summed E-state index contributed by atoms with van der Waals surface area (Å²) in [5.74, 6) is 0.725. The van der Waals surface area contributed by atoms with E-state index in [2.05, 4.69) is 14.1 Å². The van der Waals surface area contributed by atoms with E-state index in [0.29, 0.717) is 32.1 Å². The number of morpholine rings is 1. The monoisotopic (exact) mass is 319 g/mol. The van der Waals surface area contributed by atoms with Crippen LogP contribution < -0.4 is 15.0 Å². The SMILES string of the molecule is [2H]C([2H])(NC(C)(C)C)[C@]([2H])(O)COc1nsnc1N1CCOCC1.